The second-order valence-electron chi connectivity index (χ2n) is 26.3. The third-order valence-electron chi connectivity index (χ3n) is 20.3. The third kappa shape index (κ3) is 9.31. The van der Waals surface area contributed by atoms with Crippen LogP contribution in [0.4, 0.5) is 34.1 Å². The second-order valence-corrected chi connectivity index (χ2v) is 26.3. The molecular weight excluding hydrogens is 1130 g/mol. The maximum absolute atomic E-state index is 2.54. The minimum atomic E-state index is -0.161. The van der Waals surface area contributed by atoms with Gasteiger partial charge in [0.15, 0.2) is 0 Å². The van der Waals surface area contributed by atoms with Gasteiger partial charge >= 0.3 is 0 Å². The fourth-order valence-electron chi connectivity index (χ4n) is 15.7. The van der Waals surface area contributed by atoms with Crippen molar-refractivity contribution >= 4 is 55.7 Å². The largest absolute Gasteiger partial charge is 0.309 e. The van der Waals surface area contributed by atoms with E-state index in [1.807, 2.05) is 0 Å². The number of para-hydroxylation sites is 5. The van der Waals surface area contributed by atoms with Crippen LogP contribution in [0.1, 0.15) is 49.9 Å². The number of anilines is 6. The summed E-state index contributed by atoms with van der Waals surface area (Å²) in [6.07, 6.45) is 0. The molecule has 2 heteroatoms. The van der Waals surface area contributed by atoms with E-state index in [4.69, 9.17) is 0 Å². The molecule has 2 aliphatic carbocycles. The second kappa shape index (κ2) is 22.7. The molecule has 94 heavy (non-hydrogen) atoms. The summed E-state index contributed by atoms with van der Waals surface area (Å²) < 4.78 is 0. The van der Waals surface area contributed by atoms with Gasteiger partial charge in [0, 0.05) is 44.3 Å². The zero-order valence-corrected chi connectivity index (χ0v) is 53.2. The molecule has 0 N–H and O–H groups in total. The lowest BCUT2D eigenvalue weighted by molar-refractivity contribution is 0.660. The summed E-state index contributed by atoms with van der Waals surface area (Å²) >= 11 is 0. The average Bonchev–Trinajstić information content (AvgIpc) is 1.51. The maximum atomic E-state index is 2.54. The van der Waals surface area contributed by atoms with Crippen molar-refractivity contribution in [2.45, 2.75) is 38.5 Å². The Hall–Kier alpha value is -11.6. The van der Waals surface area contributed by atoms with E-state index in [9.17, 15) is 0 Å². The minimum Gasteiger partial charge on any atom is -0.309 e. The van der Waals surface area contributed by atoms with Crippen molar-refractivity contribution in [3.8, 4) is 89.0 Å². The molecule has 0 unspecified atom stereocenters. The van der Waals surface area contributed by atoms with E-state index in [1.54, 1.807) is 0 Å². The van der Waals surface area contributed by atoms with Crippen LogP contribution in [0.5, 0.6) is 0 Å². The van der Waals surface area contributed by atoms with Gasteiger partial charge in [-0.05, 0) is 166 Å². The summed E-state index contributed by atoms with van der Waals surface area (Å²) in [6, 6.07) is 126. The lowest BCUT2D eigenvalue weighted by Crippen LogP contribution is -2.15. The first kappa shape index (κ1) is 56.4. The fourth-order valence-corrected chi connectivity index (χ4v) is 15.7. The summed E-state index contributed by atoms with van der Waals surface area (Å²) in [5.41, 5.74) is 30.6. The molecule has 17 rings (SSSR count). The number of benzene rings is 15. The molecule has 0 atom stereocenters. The predicted molar refractivity (Wildman–Crippen MR) is 399 cm³/mol. The lowest BCUT2D eigenvalue weighted by Gasteiger charge is -2.32. The molecular formula is C92H68N2. The van der Waals surface area contributed by atoms with Crippen LogP contribution in [-0.2, 0) is 10.8 Å². The van der Waals surface area contributed by atoms with Crippen LogP contribution in [0.25, 0.3) is 111 Å². The molecule has 0 radical (unpaired) electrons. The molecule has 2 nitrogen and oxygen atoms in total. The Morgan fingerprint density at radius 3 is 1.05 bits per heavy atom. The topological polar surface area (TPSA) is 6.48 Å². The van der Waals surface area contributed by atoms with Crippen LogP contribution in [0, 0.1) is 0 Å². The molecule has 2 aliphatic rings. The Morgan fingerprint density at radius 2 is 0.532 bits per heavy atom. The van der Waals surface area contributed by atoms with Crippen molar-refractivity contribution in [3.63, 3.8) is 0 Å². The normalized spacial score (nSPS) is 13.1. The summed E-state index contributed by atoms with van der Waals surface area (Å²) in [7, 11) is 0. The van der Waals surface area contributed by atoms with E-state index in [0.29, 0.717) is 0 Å². The summed E-state index contributed by atoms with van der Waals surface area (Å²) in [5.74, 6) is 0. The summed E-state index contributed by atoms with van der Waals surface area (Å²) in [5, 5.41) is 4.84. The van der Waals surface area contributed by atoms with Crippen LogP contribution in [-0.4, -0.2) is 0 Å². The van der Waals surface area contributed by atoms with Gasteiger partial charge in [-0.1, -0.05) is 307 Å². The van der Waals surface area contributed by atoms with Crippen molar-refractivity contribution < 1.29 is 0 Å². The van der Waals surface area contributed by atoms with E-state index in [1.165, 1.54) is 82.7 Å². The number of hydrogen-bond donors (Lipinski definition) is 0. The maximum Gasteiger partial charge on any atom is 0.0546 e. The first-order chi connectivity index (χ1) is 46.2. The van der Waals surface area contributed by atoms with E-state index in [0.717, 1.165) is 84.2 Å². The molecule has 0 fully saturated rings. The first-order valence-corrected chi connectivity index (χ1v) is 32.9. The lowest BCUT2D eigenvalue weighted by atomic mass is 9.82. The van der Waals surface area contributed by atoms with Crippen molar-refractivity contribution in [2.24, 2.45) is 0 Å². The predicted octanol–water partition coefficient (Wildman–Crippen LogP) is 25.5. The molecule has 0 saturated carbocycles. The number of fused-ring (bicyclic) bond motifs is 8. The van der Waals surface area contributed by atoms with Gasteiger partial charge < -0.3 is 9.80 Å². The molecule has 15 aromatic carbocycles. The highest BCUT2D eigenvalue weighted by molar-refractivity contribution is 6.05. The van der Waals surface area contributed by atoms with Gasteiger partial charge in [0.1, 0.15) is 0 Å². The summed E-state index contributed by atoms with van der Waals surface area (Å²) in [6.45, 7) is 9.49. The first-order valence-electron chi connectivity index (χ1n) is 32.9. The van der Waals surface area contributed by atoms with E-state index in [2.05, 4.69) is 377 Å². The van der Waals surface area contributed by atoms with Gasteiger partial charge in [-0.15, -0.1) is 0 Å². The van der Waals surface area contributed by atoms with Crippen LogP contribution in [0.2, 0.25) is 0 Å². The highest BCUT2D eigenvalue weighted by atomic mass is 15.2. The van der Waals surface area contributed by atoms with Crippen LogP contribution in [0.15, 0.2) is 340 Å². The van der Waals surface area contributed by atoms with E-state index in [-0.39, 0.29) is 10.8 Å². The van der Waals surface area contributed by atoms with E-state index < -0.39 is 0 Å². The molecule has 0 aromatic heterocycles. The highest BCUT2D eigenvalue weighted by Crippen LogP contribution is 2.57. The molecule has 15 aromatic rings. The van der Waals surface area contributed by atoms with Gasteiger partial charge in [0.25, 0.3) is 0 Å². The van der Waals surface area contributed by atoms with Crippen molar-refractivity contribution in [1.82, 2.24) is 0 Å². The zero-order valence-electron chi connectivity index (χ0n) is 53.2. The molecule has 446 valence electrons. The standard InChI is InChI=1S/C92H68N2/c1-91(2)80-43-18-12-39-78(80)89-76(41-25-45-82(89)91)74-37-16-22-49-86(74)93(70-33-6-5-7-34-70)88-60-66(55-56-73(88)69-54-52-62-28-9-11-30-64(62)58-69)65-31-24-32-67(59-65)71-35-14-20-47-84(71)94(85-48-21-15-36-72(85)68-53-51-61-27-8-10-29-63(61)57-68)87-50-23-17-38-75(87)77-42-26-46-83-90(77)79-40-13-19-44-81(79)92(83,3)4/h5-60H,1-4H3. The van der Waals surface area contributed by atoms with Gasteiger partial charge in [-0.25, -0.2) is 0 Å². The van der Waals surface area contributed by atoms with Crippen LogP contribution < -0.4 is 9.80 Å². The molecule has 0 saturated heterocycles. The quantitative estimate of drug-likeness (QED) is 0.120. The third-order valence-corrected chi connectivity index (χ3v) is 20.3. The van der Waals surface area contributed by atoms with Gasteiger partial charge in [-0.3, -0.25) is 0 Å². The molecule has 0 aliphatic heterocycles. The van der Waals surface area contributed by atoms with Crippen LogP contribution in [0.3, 0.4) is 0 Å². The smallest absolute Gasteiger partial charge is 0.0546 e. The highest BCUT2D eigenvalue weighted by Gasteiger charge is 2.39. The molecule has 0 heterocycles. The molecule has 0 amide bonds. The average molecular weight is 1200 g/mol. The van der Waals surface area contributed by atoms with Gasteiger partial charge in [0.05, 0.1) is 28.4 Å². The Labute approximate surface area is 551 Å². The van der Waals surface area contributed by atoms with E-state index >= 15 is 0 Å². The fraction of sp³-hybridized carbons (Fsp3) is 0.0652. The molecule has 0 spiro atoms. The van der Waals surface area contributed by atoms with Crippen molar-refractivity contribution in [2.75, 3.05) is 9.80 Å². The Bertz CT molecular complexity index is 5470. The molecule has 0 bridgehead atoms. The number of rotatable bonds is 12. The summed E-state index contributed by atoms with van der Waals surface area (Å²) in [4.78, 5) is 5.05. The van der Waals surface area contributed by atoms with Gasteiger partial charge in [-0.2, -0.15) is 0 Å². The monoisotopic (exact) mass is 1200 g/mol. The Morgan fingerprint density at radius 1 is 0.191 bits per heavy atom. The SMILES string of the molecule is CC1(C)c2ccccc2-c2c(-c3ccccc3N(c3ccccc3)c3cc(-c4cccc(-c5ccccc5N(c5ccccc5-c5ccc6ccccc6c5)c5ccccc5-c5cccc6c5-c5ccccc5C6(C)C)c4)ccc3-c3ccc4ccccc4c3)cccc21. The Balaban J connectivity index is 0.863. The zero-order chi connectivity index (χ0) is 63.1. The number of nitrogens with zero attached hydrogens (tertiary/aromatic N) is 2. The number of hydrogen-bond acceptors (Lipinski definition) is 2. The van der Waals surface area contributed by atoms with Crippen molar-refractivity contribution in [3.05, 3.63) is 362 Å². The van der Waals surface area contributed by atoms with Gasteiger partial charge in [0.2, 0.25) is 0 Å². The minimum absolute atomic E-state index is 0.152. The van der Waals surface area contributed by atoms with Crippen molar-refractivity contribution in [1.29, 1.82) is 0 Å². The van der Waals surface area contributed by atoms with Crippen LogP contribution >= 0.6 is 0 Å². The Kier molecular flexibility index (Phi) is 13.6.